The van der Waals surface area contributed by atoms with Crippen LogP contribution < -0.4 is 10.6 Å². The van der Waals surface area contributed by atoms with Crippen molar-refractivity contribution in [1.82, 2.24) is 20.4 Å². The fourth-order valence-corrected chi connectivity index (χ4v) is 7.72. The number of nitrogens with zero attached hydrogens (tertiary/aromatic N) is 2. The lowest BCUT2D eigenvalue weighted by Crippen LogP contribution is -2.61. The molecule has 1 aromatic carbocycles. The van der Waals surface area contributed by atoms with Crippen LogP contribution in [0.5, 0.6) is 0 Å². The normalized spacial score (nSPS) is 30.9. The molecule has 1 saturated carbocycles. The Morgan fingerprint density at radius 3 is 2.64 bits per heavy atom. The van der Waals surface area contributed by atoms with E-state index >= 15 is 0 Å². The highest BCUT2D eigenvalue weighted by Crippen LogP contribution is 2.54. The number of hydrogen-bond acceptors (Lipinski definition) is 5. The van der Waals surface area contributed by atoms with Crippen LogP contribution in [0.4, 0.5) is 4.79 Å². The molecule has 1 aromatic rings. The second-order valence-corrected chi connectivity index (χ2v) is 11.5. The Labute approximate surface area is 216 Å². The van der Waals surface area contributed by atoms with E-state index in [0.717, 1.165) is 36.9 Å². The van der Waals surface area contributed by atoms with Gasteiger partial charge in [0.25, 0.3) is 0 Å². The number of benzene rings is 1. The molecular formula is C29H44N4O3. The molecule has 1 spiro atoms. The van der Waals surface area contributed by atoms with Gasteiger partial charge in [-0.2, -0.15) is 0 Å². The molecule has 7 nitrogen and oxygen atoms in total. The Hall–Kier alpha value is -2.12. The lowest BCUT2D eigenvalue weighted by molar-refractivity contribution is -0.133. The summed E-state index contributed by atoms with van der Waals surface area (Å²) in [7, 11) is 0. The predicted molar refractivity (Wildman–Crippen MR) is 140 cm³/mol. The first-order valence-electron chi connectivity index (χ1n) is 14.3. The van der Waals surface area contributed by atoms with E-state index in [9.17, 15) is 9.59 Å². The van der Waals surface area contributed by atoms with Gasteiger partial charge in [-0.1, -0.05) is 43.7 Å². The van der Waals surface area contributed by atoms with Crippen molar-refractivity contribution in [2.45, 2.75) is 77.0 Å². The molecule has 4 fully saturated rings. The molecule has 7 heteroatoms. The van der Waals surface area contributed by atoms with Crippen LogP contribution >= 0.6 is 0 Å². The van der Waals surface area contributed by atoms with Crippen molar-refractivity contribution >= 4 is 12.0 Å². The van der Waals surface area contributed by atoms with Crippen molar-refractivity contribution in [1.29, 1.82) is 0 Å². The summed E-state index contributed by atoms with van der Waals surface area (Å²) >= 11 is 0. The average Bonchev–Trinajstić information content (AvgIpc) is 3.59. The summed E-state index contributed by atoms with van der Waals surface area (Å²) in [4.78, 5) is 29.9. The number of ether oxygens (including phenoxy) is 1. The molecular weight excluding hydrogens is 452 g/mol. The number of amides is 2. The average molecular weight is 497 g/mol. The highest BCUT2D eigenvalue weighted by atomic mass is 16.5. The van der Waals surface area contributed by atoms with Crippen LogP contribution in [0, 0.1) is 17.3 Å². The molecule has 2 amide bonds. The van der Waals surface area contributed by atoms with Crippen molar-refractivity contribution in [3.05, 3.63) is 35.9 Å². The second-order valence-electron chi connectivity index (χ2n) is 11.5. The second kappa shape index (κ2) is 11.5. The van der Waals surface area contributed by atoms with Crippen LogP contribution in [-0.2, 0) is 16.1 Å². The molecule has 0 aromatic heterocycles. The third-order valence-electron chi connectivity index (χ3n) is 9.61. The smallest absolute Gasteiger partial charge is 0.407 e. The van der Waals surface area contributed by atoms with E-state index in [4.69, 9.17) is 4.74 Å². The van der Waals surface area contributed by atoms with Crippen molar-refractivity contribution in [3.8, 4) is 0 Å². The van der Waals surface area contributed by atoms with Gasteiger partial charge in [-0.25, -0.2) is 4.79 Å². The van der Waals surface area contributed by atoms with Crippen molar-refractivity contribution in [2.24, 2.45) is 17.3 Å². The molecule has 4 atom stereocenters. The fourth-order valence-electron chi connectivity index (χ4n) is 7.72. The van der Waals surface area contributed by atoms with Gasteiger partial charge < -0.3 is 25.2 Å². The monoisotopic (exact) mass is 496 g/mol. The molecule has 2 N–H and O–H groups in total. The zero-order chi connectivity index (χ0) is 25.0. The fraction of sp³-hybridized carbons (Fsp3) is 0.724. The predicted octanol–water partition coefficient (Wildman–Crippen LogP) is 3.78. The molecule has 3 heterocycles. The van der Waals surface area contributed by atoms with Gasteiger partial charge in [-0.3, -0.25) is 4.79 Å². The number of carbonyl (C=O) groups is 2. The molecule has 0 radical (unpaired) electrons. The van der Waals surface area contributed by atoms with E-state index in [1.807, 2.05) is 30.3 Å². The van der Waals surface area contributed by atoms with Gasteiger partial charge in [0.2, 0.25) is 5.91 Å². The van der Waals surface area contributed by atoms with Crippen LogP contribution in [0.1, 0.15) is 63.9 Å². The Kier molecular flexibility index (Phi) is 8.16. The van der Waals surface area contributed by atoms with E-state index in [1.54, 1.807) is 0 Å². The number of piperidine rings is 1. The maximum absolute atomic E-state index is 13.0. The Morgan fingerprint density at radius 2 is 1.92 bits per heavy atom. The molecule has 1 aliphatic carbocycles. The SMILES string of the molecule is CCC1C(N2CCC([C@@H]3CCCN3C(=O)CCNC(=O)OCc3ccccc3)CC2)CC12CCNC2. The number of nitrogens with one attached hydrogen (secondary N) is 2. The van der Waals surface area contributed by atoms with Crippen LogP contribution in [0.15, 0.2) is 30.3 Å². The van der Waals surface area contributed by atoms with E-state index in [0.29, 0.717) is 30.3 Å². The maximum Gasteiger partial charge on any atom is 0.407 e. The summed E-state index contributed by atoms with van der Waals surface area (Å²) in [6, 6.07) is 10.8. The zero-order valence-corrected chi connectivity index (χ0v) is 21.9. The van der Waals surface area contributed by atoms with Crippen LogP contribution in [0.2, 0.25) is 0 Å². The third kappa shape index (κ3) is 5.42. The Balaban J connectivity index is 1.03. The molecule has 198 valence electrons. The molecule has 3 aliphatic heterocycles. The topological polar surface area (TPSA) is 73.9 Å². The van der Waals surface area contributed by atoms with Gasteiger partial charge in [0.05, 0.1) is 0 Å². The summed E-state index contributed by atoms with van der Waals surface area (Å²) in [6.45, 7) is 8.58. The summed E-state index contributed by atoms with van der Waals surface area (Å²) in [5.74, 6) is 1.63. The van der Waals surface area contributed by atoms with E-state index in [1.165, 1.54) is 58.3 Å². The van der Waals surface area contributed by atoms with Gasteiger partial charge >= 0.3 is 6.09 Å². The third-order valence-corrected chi connectivity index (χ3v) is 9.61. The van der Waals surface area contributed by atoms with E-state index in [2.05, 4.69) is 27.4 Å². The lowest BCUT2D eigenvalue weighted by atomic mass is 9.54. The van der Waals surface area contributed by atoms with Crippen molar-refractivity contribution < 1.29 is 14.3 Å². The van der Waals surface area contributed by atoms with Crippen molar-refractivity contribution in [2.75, 3.05) is 39.3 Å². The number of carbonyl (C=O) groups excluding carboxylic acids is 2. The number of likely N-dealkylation sites (tertiary alicyclic amines) is 2. The van der Waals surface area contributed by atoms with Crippen LogP contribution in [0.25, 0.3) is 0 Å². The number of alkyl carbamates (subject to hydrolysis) is 1. The van der Waals surface area contributed by atoms with E-state index in [-0.39, 0.29) is 12.5 Å². The van der Waals surface area contributed by atoms with Crippen LogP contribution in [-0.4, -0.2) is 73.2 Å². The van der Waals surface area contributed by atoms with Crippen LogP contribution in [0.3, 0.4) is 0 Å². The molecule has 4 aliphatic rings. The summed E-state index contributed by atoms with van der Waals surface area (Å²) < 4.78 is 5.26. The quantitative estimate of drug-likeness (QED) is 0.573. The van der Waals surface area contributed by atoms with Gasteiger partial charge in [0.1, 0.15) is 6.61 Å². The van der Waals surface area contributed by atoms with Crippen molar-refractivity contribution in [3.63, 3.8) is 0 Å². The molecule has 36 heavy (non-hydrogen) atoms. The molecule has 3 saturated heterocycles. The summed E-state index contributed by atoms with van der Waals surface area (Å²) in [5.41, 5.74) is 1.53. The number of hydrogen-bond donors (Lipinski definition) is 2. The Bertz CT molecular complexity index is 880. The van der Waals surface area contributed by atoms with Gasteiger partial charge in [-0.15, -0.1) is 0 Å². The largest absolute Gasteiger partial charge is 0.445 e. The van der Waals surface area contributed by atoms with Gasteiger partial charge in [0, 0.05) is 38.1 Å². The number of rotatable bonds is 8. The first kappa shape index (κ1) is 25.5. The highest BCUT2D eigenvalue weighted by Gasteiger charge is 2.55. The zero-order valence-electron chi connectivity index (χ0n) is 21.9. The summed E-state index contributed by atoms with van der Waals surface area (Å²) in [6.07, 6.45) is 8.53. The minimum atomic E-state index is -0.464. The molecule has 0 bridgehead atoms. The lowest BCUT2D eigenvalue weighted by Gasteiger charge is -2.58. The highest BCUT2D eigenvalue weighted by molar-refractivity contribution is 5.78. The standard InChI is InChI=1S/C29H44N4O3/c1-2-24-26(19-29(24)13-15-30-21-29)32-17-11-23(12-18-32)25-9-6-16-33(25)27(34)10-14-31-28(35)36-20-22-7-4-3-5-8-22/h3-5,7-8,23-26,30H,2,6,9-21H2,1H3,(H,31,35)/t24?,25-,26?,29?/m0/s1. The minimum absolute atomic E-state index is 0.170. The van der Waals surface area contributed by atoms with Gasteiger partial charge in [-0.05, 0) is 81.0 Å². The first-order chi connectivity index (χ1) is 17.6. The molecule has 5 rings (SSSR count). The molecule has 3 unspecified atom stereocenters. The maximum atomic E-state index is 13.0. The first-order valence-corrected chi connectivity index (χ1v) is 14.3. The Morgan fingerprint density at radius 1 is 1.11 bits per heavy atom. The van der Waals surface area contributed by atoms with E-state index < -0.39 is 6.09 Å². The summed E-state index contributed by atoms with van der Waals surface area (Å²) in [5, 5.41) is 6.35. The minimum Gasteiger partial charge on any atom is -0.445 e. The van der Waals surface area contributed by atoms with Gasteiger partial charge in [0.15, 0.2) is 0 Å².